The third-order valence-electron chi connectivity index (χ3n) is 6.92. The number of carboxylic acids is 1. The van der Waals surface area contributed by atoms with E-state index in [1.54, 1.807) is 29.5 Å². The van der Waals surface area contributed by atoms with Crippen LogP contribution in [0.25, 0.3) is 38.5 Å². The lowest BCUT2D eigenvalue weighted by Gasteiger charge is -2.12. The Balaban J connectivity index is 1.26. The molecule has 0 aliphatic carbocycles. The number of carbonyl (C=O) groups excluding carboxylic acids is 2. The number of aromatic nitrogens is 2. The lowest BCUT2D eigenvalue weighted by molar-refractivity contribution is -0.143. The van der Waals surface area contributed by atoms with Gasteiger partial charge in [-0.15, -0.1) is 11.3 Å². The molecule has 2 heterocycles. The lowest BCUT2D eigenvalue weighted by Crippen LogP contribution is -2.45. The monoisotopic (exact) mass is 636 g/mol. The first-order valence-electron chi connectivity index (χ1n) is 14.5. The number of carboxylic acid groups (broad SMARTS) is 1. The van der Waals surface area contributed by atoms with E-state index < -0.39 is 31.1 Å². The van der Waals surface area contributed by atoms with Gasteiger partial charge in [-0.25, -0.2) is 9.78 Å². The van der Waals surface area contributed by atoms with Gasteiger partial charge in [0.1, 0.15) is 16.8 Å². The van der Waals surface area contributed by atoms with Crippen LogP contribution in [0.4, 0.5) is 0 Å². The number of thiazole rings is 1. The summed E-state index contributed by atoms with van der Waals surface area (Å²) in [5, 5.41) is 24.0. The molecule has 0 aliphatic heterocycles. The Morgan fingerprint density at radius 2 is 1.67 bits per heavy atom. The van der Waals surface area contributed by atoms with E-state index in [1.807, 2.05) is 85.1 Å². The predicted octanol–water partition coefficient (Wildman–Crippen LogP) is 4.78. The summed E-state index contributed by atoms with van der Waals surface area (Å²) < 4.78 is 5.51. The highest BCUT2D eigenvalue weighted by Crippen LogP contribution is 2.40. The topological polar surface area (TPSA) is 154 Å². The van der Waals surface area contributed by atoms with E-state index in [0.717, 1.165) is 44.4 Å². The van der Waals surface area contributed by atoms with Crippen molar-refractivity contribution >= 4 is 35.2 Å². The van der Waals surface area contributed by atoms with E-state index in [0.29, 0.717) is 12.3 Å². The van der Waals surface area contributed by atoms with E-state index in [-0.39, 0.29) is 5.91 Å². The third kappa shape index (κ3) is 8.56. The number of amides is 2. The lowest BCUT2D eigenvalue weighted by atomic mass is 10.0. The number of carbonyl (C=O) groups is 3. The van der Waals surface area contributed by atoms with Gasteiger partial charge in [0, 0.05) is 24.4 Å². The van der Waals surface area contributed by atoms with Gasteiger partial charge in [0.05, 0.1) is 22.9 Å². The maximum Gasteiger partial charge on any atom is 0.328 e. The highest BCUT2D eigenvalue weighted by molar-refractivity contribution is 7.18. The van der Waals surface area contributed by atoms with Crippen LogP contribution in [0.1, 0.15) is 11.1 Å². The number of rotatable bonds is 14. The Morgan fingerprint density at radius 1 is 0.935 bits per heavy atom. The number of hydrogen-bond acceptors (Lipinski definition) is 7. The molecule has 5 aromatic rings. The molecule has 0 fully saturated rings. The van der Waals surface area contributed by atoms with Gasteiger partial charge < -0.3 is 30.6 Å². The number of aliphatic hydroxyl groups is 1. The molecule has 0 bridgehead atoms. The predicted molar refractivity (Wildman–Crippen MR) is 177 cm³/mol. The molecule has 1 unspecified atom stereocenters. The molecule has 0 saturated heterocycles. The normalized spacial score (nSPS) is 11.7. The summed E-state index contributed by atoms with van der Waals surface area (Å²) in [6.07, 6.45) is 5.93. The highest BCUT2D eigenvalue weighted by atomic mass is 32.1. The number of nitrogens with one attached hydrogen (secondary N) is 3. The van der Waals surface area contributed by atoms with Crippen LogP contribution < -0.4 is 15.4 Å². The maximum absolute atomic E-state index is 12.3. The average molecular weight is 637 g/mol. The second-order valence-electron chi connectivity index (χ2n) is 10.2. The smallest absolute Gasteiger partial charge is 0.328 e. The zero-order valence-electron chi connectivity index (χ0n) is 24.7. The number of benzene rings is 3. The molecule has 46 heavy (non-hydrogen) atoms. The van der Waals surface area contributed by atoms with Crippen molar-refractivity contribution in [2.75, 3.05) is 19.8 Å². The maximum atomic E-state index is 12.3. The summed E-state index contributed by atoms with van der Waals surface area (Å²) in [4.78, 5) is 44.5. The van der Waals surface area contributed by atoms with Gasteiger partial charge in [-0.1, -0.05) is 54.6 Å². The van der Waals surface area contributed by atoms with Crippen molar-refractivity contribution in [1.82, 2.24) is 20.6 Å². The molecule has 5 rings (SSSR count). The summed E-state index contributed by atoms with van der Waals surface area (Å²) in [6, 6.07) is 27.5. The average Bonchev–Trinajstić information content (AvgIpc) is 3.77. The fourth-order valence-corrected chi connectivity index (χ4v) is 5.60. The van der Waals surface area contributed by atoms with Crippen LogP contribution in [-0.2, 0) is 20.8 Å². The van der Waals surface area contributed by atoms with Crippen LogP contribution in [0.5, 0.6) is 5.75 Å². The summed E-state index contributed by atoms with van der Waals surface area (Å²) in [7, 11) is 0. The minimum absolute atomic E-state index is 0.150. The Bertz CT molecular complexity index is 1780. The molecule has 10 nitrogen and oxygen atoms in total. The van der Waals surface area contributed by atoms with E-state index in [9.17, 15) is 14.4 Å². The molecule has 0 saturated carbocycles. The molecule has 3 aromatic carbocycles. The van der Waals surface area contributed by atoms with E-state index in [1.165, 1.54) is 11.6 Å². The minimum atomic E-state index is -1.39. The highest BCUT2D eigenvalue weighted by Gasteiger charge is 2.19. The van der Waals surface area contributed by atoms with Crippen molar-refractivity contribution in [2.45, 2.75) is 12.5 Å². The minimum Gasteiger partial charge on any atom is -0.484 e. The Hall–Kier alpha value is -5.52. The van der Waals surface area contributed by atoms with Crippen LogP contribution >= 0.6 is 11.3 Å². The zero-order valence-corrected chi connectivity index (χ0v) is 25.5. The number of nitrogens with zero attached hydrogens (tertiary/aromatic N) is 1. The van der Waals surface area contributed by atoms with Crippen LogP contribution in [0.3, 0.4) is 0 Å². The Kier molecular flexibility index (Phi) is 10.7. The molecule has 0 aliphatic rings. The molecule has 1 atom stereocenters. The second-order valence-corrected chi connectivity index (χ2v) is 11.2. The first-order chi connectivity index (χ1) is 22.4. The summed E-state index contributed by atoms with van der Waals surface area (Å²) >= 11 is 1.55. The molecular formula is C35H32N4O6S. The van der Waals surface area contributed by atoms with Crippen molar-refractivity contribution in [2.24, 2.45) is 0 Å². The molecule has 234 valence electrons. The standard InChI is InChI=1S/C35H32N4O6S/c40-21-29(35(43)44)38-31(42)22-45-27-15-13-25(14-16-27)32-33(46-34(39-32)28-7-4-19-36-28)26-11-8-24(9-12-26)10-17-30(41)37-20-18-23-5-2-1-3-6-23/h1-17,19,29,36,40H,18,20-22H2,(H,37,41)(H,38,42)(H,43,44)/b17-10+. The number of aromatic amines is 1. The number of aliphatic hydroxyl groups excluding tert-OH is 1. The third-order valence-corrected chi connectivity index (χ3v) is 8.06. The fraction of sp³-hybridized carbons (Fsp3) is 0.143. The van der Waals surface area contributed by atoms with E-state index >= 15 is 0 Å². The second kappa shape index (κ2) is 15.5. The molecule has 2 aromatic heterocycles. The van der Waals surface area contributed by atoms with Crippen molar-refractivity contribution in [1.29, 1.82) is 0 Å². The van der Waals surface area contributed by atoms with Crippen molar-refractivity contribution in [3.63, 3.8) is 0 Å². The number of aliphatic carboxylic acids is 1. The van der Waals surface area contributed by atoms with E-state index in [2.05, 4.69) is 15.6 Å². The van der Waals surface area contributed by atoms with Gasteiger partial charge in [0.15, 0.2) is 6.61 Å². The van der Waals surface area contributed by atoms with Crippen molar-refractivity contribution in [3.8, 4) is 38.1 Å². The van der Waals surface area contributed by atoms with E-state index in [4.69, 9.17) is 19.9 Å². The largest absolute Gasteiger partial charge is 0.484 e. The fourth-order valence-electron chi connectivity index (χ4n) is 4.52. The number of ether oxygens (including phenoxy) is 1. The summed E-state index contributed by atoms with van der Waals surface area (Å²) in [5.41, 5.74) is 5.52. The zero-order chi connectivity index (χ0) is 32.3. The quantitative estimate of drug-likeness (QED) is 0.110. The summed E-state index contributed by atoms with van der Waals surface area (Å²) in [6.45, 7) is -0.565. The SMILES string of the molecule is O=C(/C=C/c1ccc(-c2sc(-c3ccc[nH]3)nc2-c2ccc(OCC(=O)NC(CO)C(=O)O)cc2)cc1)NCCc1ccccc1. The van der Waals surface area contributed by atoms with Crippen LogP contribution in [0.2, 0.25) is 0 Å². The number of hydrogen-bond donors (Lipinski definition) is 5. The first-order valence-corrected chi connectivity index (χ1v) is 15.3. The molecule has 5 N–H and O–H groups in total. The van der Waals surface area contributed by atoms with Gasteiger partial charge in [-0.3, -0.25) is 9.59 Å². The van der Waals surface area contributed by atoms with Gasteiger partial charge in [0.2, 0.25) is 5.91 Å². The van der Waals surface area contributed by atoms with Crippen molar-refractivity contribution in [3.05, 3.63) is 114 Å². The van der Waals surface area contributed by atoms with Gasteiger partial charge in [-0.05, 0) is 65.6 Å². The van der Waals surface area contributed by atoms with Gasteiger partial charge in [-0.2, -0.15) is 0 Å². The molecular weight excluding hydrogens is 604 g/mol. The molecule has 2 amide bonds. The van der Waals surface area contributed by atoms with Crippen LogP contribution in [0, 0.1) is 0 Å². The van der Waals surface area contributed by atoms with Gasteiger partial charge in [0.25, 0.3) is 5.91 Å². The first kappa shape index (κ1) is 31.9. The Morgan fingerprint density at radius 3 is 2.35 bits per heavy atom. The number of H-pyrrole nitrogens is 1. The molecule has 0 radical (unpaired) electrons. The Labute approximate surface area is 269 Å². The van der Waals surface area contributed by atoms with Crippen molar-refractivity contribution < 1.29 is 29.3 Å². The van der Waals surface area contributed by atoms with Crippen LogP contribution in [0.15, 0.2) is 103 Å². The van der Waals surface area contributed by atoms with Crippen LogP contribution in [-0.4, -0.2) is 63.8 Å². The molecule has 0 spiro atoms. The molecule has 11 heteroatoms. The van der Waals surface area contributed by atoms with Gasteiger partial charge >= 0.3 is 5.97 Å². The summed E-state index contributed by atoms with van der Waals surface area (Å²) in [5.74, 6) is -1.73.